The van der Waals surface area contributed by atoms with Gasteiger partial charge in [0, 0.05) is 24.0 Å². The zero-order valence-electron chi connectivity index (χ0n) is 17.2. The van der Waals surface area contributed by atoms with Gasteiger partial charge >= 0.3 is 5.97 Å². The number of pyridine rings is 1. The smallest absolute Gasteiger partial charge is 0.306 e. The van der Waals surface area contributed by atoms with E-state index in [-0.39, 0.29) is 5.92 Å². The number of likely N-dealkylation sites (tertiary alicyclic amines) is 1. The van der Waals surface area contributed by atoms with Crippen LogP contribution in [0.15, 0.2) is 36.5 Å². The SMILES string of the molecule is Nc1ccc2nc(-c3ccc4c(c3)CCCC4)c(CN3CCC(C(=O)O)CC3)n2c1. The van der Waals surface area contributed by atoms with Crippen LogP contribution in [0.3, 0.4) is 0 Å². The van der Waals surface area contributed by atoms with Crippen molar-refractivity contribution in [2.75, 3.05) is 18.8 Å². The van der Waals surface area contributed by atoms with Crippen molar-refractivity contribution in [3.8, 4) is 11.3 Å². The highest BCUT2D eigenvalue weighted by molar-refractivity contribution is 5.70. The number of anilines is 1. The van der Waals surface area contributed by atoms with Crippen molar-refractivity contribution >= 4 is 17.3 Å². The summed E-state index contributed by atoms with van der Waals surface area (Å²) in [6.07, 6.45) is 8.18. The van der Waals surface area contributed by atoms with Crippen LogP contribution in [0.1, 0.15) is 42.5 Å². The van der Waals surface area contributed by atoms with Gasteiger partial charge in [0.15, 0.2) is 0 Å². The van der Waals surface area contributed by atoms with Crippen LogP contribution in [0.25, 0.3) is 16.9 Å². The van der Waals surface area contributed by atoms with E-state index < -0.39 is 5.97 Å². The van der Waals surface area contributed by atoms with Gasteiger partial charge in [-0.1, -0.05) is 12.1 Å². The van der Waals surface area contributed by atoms with Crippen LogP contribution in [0, 0.1) is 5.92 Å². The molecule has 1 fully saturated rings. The van der Waals surface area contributed by atoms with Gasteiger partial charge in [-0.2, -0.15) is 0 Å². The van der Waals surface area contributed by atoms with Gasteiger partial charge in [-0.25, -0.2) is 4.98 Å². The largest absolute Gasteiger partial charge is 0.481 e. The van der Waals surface area contributed by atoms with E-state index in [1.807, 2.05) is 18.3 Å². The Morgan fingerprint density at radius 3 is 2.63 bits per heavy atom. The highest BCUT2D eigenvalue weighted by Gasteiger charge is 2.26. The summed E-state index contributed by atoms with van der Waals surface area (Å²) in [6, 6.07) is 10.7. The monoisotopic (exact) mass is 404 g/mol. The molecular weight excluding hydrogens is 376 g/mol. The van der Waals surface area contributed by atoms with Gasteiger partial charge < -0.3 is 15.2 Å². The summed E-state index contributed by atoms with van der Waals surface area (Å²) < 4.78 is 2.10. The number of nitrogens with zero attached hydrogens (tertiary/aromatic N) is 3. The molecule has 0 atom stereocenters. The second-order valence-corrected chi connectivity index (χ2v) is 8.68. The number of rotatable bonds is 4. The first-order valence-electron chi connectivity index (χ1n) is 10.9. The number of aliphatic carboxylic acids is 1. The number of carboxylic acid groups (broad SMARTS) is 1. The van der Waals surface area contributed by atoms with Gasteiger partial charge in [-0.3, -0.25) is 9.69 Å². The van der Waals surface area contributed by atoms with Crippen LogP contribution in [-0.4, -0.2) is 38.4 Å². The van der Waals surface area contributed by atoms with E-state index in [0.717, 1.165) is 48.7 Å². The Morgan fingerprint density at radius 1 is 1.10 bits per heavy atom. The Labute approximate surface area is 176 Å². The van der Waals surface area contributed by atoms with Crippen LogP contribution in [0.2, 0.25) is 0 Å². The van der Waals surface area contributed by atoms with E-state index in [0.29, 0.717) is 18.5 Å². The fraction of sp³-hybridized carbons (Fsp3) is 0.417. The number of imidazole rings is 1. The van der Waals surface area contributed by atoms with E-state index in [4.69, 9.17) is 10.7 Å². The molecule has 0 bridgehead atoms. The molecule has 0 unspecified atom stereocenters. The van der Waals surface area contributed by atoms with Gasteiger partial charge in [0.2, 0.25) is 0 Å². The quantitative estimate of drug-likeness (QED) is 0.692. The lowest BCUT2D eigenvalue weighted by atomic mass is 9.89. The molecule has 156 valence electrons. The lowest BCUT2D eigenvalue weighted by Gasteiger charge is -2.30. The highest BCUT2D eigenvalue weighted by atomic mass is 16.4. The number of carboxylic acids is 1. The van der Waals surface area contributed by atoms with Crippen LogP contribution < -0.4 is 5.73 Å². The molecule has 3 aromatic rings. The number of nitrogens with two attached hydrogens (primary N) is 1. The predicted octanol–water partition coefficient (Wildman–Crippen LogP) is 3.76. The number of hydrogen-bond donors (Lipinski definition) is 2. The summed E-state index contributed by atoms with van der Waals surface area (Å²) in [6.45, 7) is 2.32. The van der Waals surface area contributed by atoms with E-state index in [1.165, 1.54) is 30.4 Å². The van der Waals surface area contributed by atoms with E-state index in [9.17, 15) is 9.90 Å². The highest BCUT2D eigenvalue weighted by Crippen LogP contribution is 2.31. The van der Waals surface area contributed by atoms with Crippen molar-refractivity contribution in [2.24, 2.45) is 5.92 Å². The van der Waals surface area contributed by atoms with Crippen LogP contribution in [-0.2, 0) is 24.2 Å². The van der Waals surface area contributed by atoms with Crippen LogP contribution in [0.4, 0.5) is 5.69 Å². The maximum absolute atomic E-state index is 11.3. The fourth-order valence-electron chi connectivity index (χ4n) is 4.92. The molecule has 3 N–H and O–H groups in total. The van der Waals surface area contributed by atoms with Crippen LogP contribution >= 0.6 is 0 Å². The summed E-state index contributed by atoms with van der Waals surface area (Å²) in [5, 5.41) is 9.30. The summed E-state index contributed by atoms with van der Waals surface area (Å²) in [5.41, 5.74) is 13.9. The van der Waals surface area contributed by atoms with Crippen molar-refractivity contribution in [1.82, 2.24) is 14.3 Å². The minimum atomic E-state index is -0.674. The summed E-state index contributed by atoms with van der Waals surface area (Å²) >= 11 is 0. The molecule has 0 saturated carbocycles. The number of fused-ring (bicyclic) bond motifs is 2. The molecular formula is C24H28N4O2. The second kappa shape index (κ2) is 7.76. The third-order valence-corrected chi connectivity index (χ3v) is 6.67. The normalized spacial score (nSPS) is 17.9. The van der Waals surface area contributed by atoms with Gasteiger partial charge in [0.05, 0.1) is 17.3 Å². The van der Waals surface area contributed by atoms with Crippen molar-refractivity contribution in [3.05, 3.63) is 53.3 Å². The maximum atomic E-state index is 11.3. The first kappa shape index (κ1) is 19.1. The lowest BCUT2D eigenvalue weighted by molar-refractivity contribution is -0.143. The molecule has 6 heteroatoms. The van der Waals surface area contributed by atoms with E-state index in [2.05, 4.69) is 27.5 Å². The van der Waals surface area contributed by atoms with Gasteiger partial charge in [-0.15, -0.1) is 0 Å². The zero-order chi connectivity index (χ0) is 20.7. The average Bonchev–Trinajstić information content (AvgIpc) is 3.11. The van der Waals surface area contributed by atoms with Gasteiger partial charge in [0.1, 0.15) is 5.65 Å². The Kier molecular flexibility index (Phi) is 4.95. The van der Waals surface area contributed by atoms with Crippen molar-refractivity contribution in [3.63, 3.8) is 0 Å². The van der Waals surface area contributed by atoms with E-state index in [1.54, 1.807) is 0 Å². The molecule has 30 heavy (non-hydrogen) atoms. The first-order chi connectivity index (χ1) is 14.6. The molecule has 5 rings (SSSR count). The molecule has 1 aliphatic heterocycles. The first-order valence-corrected chi connectivity index (χ1v) is 10.9. The molecule has 6 nitrogen and oxygen atoms in total. The Bertz CT molecular complexity index is 1100. The van der Waals surface area contributed by atoms with Crippen molar-refractivity contribution in [2.45, 2.75) is 45.1 Å². The van der Waals surface area contributed by atoms with Gasteiger partial charge in [0.25, 0.3) is 0 Å². The molecule has 1 aliphatic carbocycles. The minimum Gasteiger partial charge on any atom is -0.481 e. The molecule has 0 amide bonds. The zero-order valence-corrected chi connectivity index (χ0v) is 17.2. The Hall–Kier alpha value is -2.86. The number of aryl methyl sites for hydroxylation is 2. The molecule has 1 saturated heterocycles. The minimum absolute atomic E-state index is 0.223. The standard InChI is InChI=1S/C24H28N4O2/c25-20-7-8-22-26-23(19-6-5-16-3-1-2-4-18(16)13-19)21(28(22)14-20)15-27-11-9-17(10-12-27)24(29)30/h5-8,13-14,17H,1-4,9-12,15,25H2,(H,29,30). The maximum Gasteiger partial charge on any atom is 0.306 e. The van der Waals surface area contributed by atoms with E-state index >= 15 is 0 Å². The molecule has 0 spiro atoms. The summed E-state index contributed by atoms with van der Waals surface area (Å²) in [5.74, 6) is -0.897. The molecule has 3 heterocycles. The molecule has 2 aliphatic rings. The number of hydrogen-bond acceptors (Lipinski definition) is 4. The number of carbonyl (C=O) groups is 1. The topological polar surface area (TPSA) is 83.9 Å². The predicted molar refractivity (Wildman–Crippen MR) is 117 cm³/mol. The number of benzene rings is 1. The summed E-state index contributed by atoms with van der Waals surface area (Å²) in [4.78, 5) is 18.6. The fourth-order valence-corrected chi connectivity index (χ4v) is 4.92. The van der Waals surface area contributed by atoms with Crippen molar-refractivity contribution in [1.29, 1.82) is 0 Å². The van der Waals surface area contributed by atoms with Crippen LogP contribution in [0.5, 0.6) is 0 Å². The average molecular weight is 405 g/mol. The molecule has 2 aromatic heterocycles. The summed E-state index contributed by atoms with van der Waals surface area (Å²) in [7, 11) is 0. The third-order valence-electron chi connectivity index (χ3n) is 6.67. The van der Waals surface area contributed by atoms with Gasteiger partial charge in [-0.05, 0) is 80.9 Å². The number of nitrogen functional groups attached to an aromatic ring is 1. The third kappa shape index (κ3) is 3.56. The number of aromatic nitrogens is 2. The second-order valence-electron chi connectivity index (χ2n) is 8.68. The Morgan fingerprint density at radius 2 is 1.87 bits per heavy atom. The molecule has 0 radical (unpaired) electrons. The number of piperidine rings is 1. The Balaban J connectivity index is 1.52. The molecule has 1 aromatic carbocycles. The van der Waals surface area contributed by atoms with Crippen molar-refractivity contribution < 1.29 is 9.90 Å². The lowest BCUT2D eigenvalue weighted by Crippen LogP contribution is -2.36.